The zero-order chi connectivity index (χ0) is 15.5. The van der Waals surface area contributed by atoms with Crippen LogP contribution in [0.25, 0.3) is 0 Å². The van der Waals surface area contributed by atoms with Gasteiger partial charge in [0.2, 0.25) is 0 Å². The molecule has 0 fully saturated rings. The standard InChI is InChI=1S/C13H20N4O2S2/c1-4-7-14-8-11-5-6-12(20-11)21(18,19)17-13-9(2)15-16-10(13)3/h5-6,14,17H,4,7-8H2,1-3H3,(H,15,16). The summed E-state index contributed by atoms with van der Waals surface area (Å²) in [5, 5.41) is 10.0. The fourth-order valence-corrected chi connectivity index (χ4v) is 4.38. The largest absolute Gasteiger partial charge is 0.312 e. The summed E-state index contributed by atoms with van der Waals surface area (Å²) >= 11 is 1.28. The maximum atomic E-state index is 12.4. The lowest BCUT2D eigenvalue weighted by molar-refractivity contribution is 0.603. The number of hydrogen-bond acceptors (Lipinski definition) is 5. The molecule has 3 N–H and O–H groups in total. The van der Waals surface area contributed by atoms with Crippen LogP contribution in [0.1, 0.15) is 29.6 Å². The van der Waals surface area contributed by atoms with Crippen LogP contribution in [0.2, 0.25) is 0 Å². The van der Waals surface area contributed by atoms with E-state index >= 15 is 0 Å². The summed E-state index contributed by atoms with van der Waals surface area (Å²) in [6.45, 7) is 7.25. The second kappa shape index (κ2) is 6.59. The molecule has 2 rings (SSSR count). The quantitative estimate of drug-likeness (QED) is 0.681. The van der Waals surface area contributed by atoms with Gasteiger partial charge < -0.3 is 5.32 Å². The molecule has 2 aromatic heterocycles. The Labute approximate surface area is 129 Å². The maximum Gasteiger partial charge on any atom is 0.271 e. The smallest absolute Gasteiger partial charge is 0.271 e. The highest BCUT2D eigenvalue weighted by molar-refractivity contribution is 7.94. The molecule has 0 saturated carbocycles. The van der Waals surface area contributed by atoms with Crippen LogP contribution in [0, 0.1) is 13.8 Å². The van der Waals surface area contributed by atoms with Crippen molar-refractivity contribution in [2.75, 3.05) is 11.3 Å². The molecule has 0 aliphatic carbocycles. The number of thiophene rings is 1. The number of sulfonamides is 1. The van der Waals surface area contributed by atoms with Crippen LogP contribution in [0.5, 0.6) is 0 Å². The van der Waals surface area contributed by atoms with Crippen LogP contribution in [0.4, 0.5) is 5.69 Å². The highest BCUT2D eigenvalue weighted by Gasteiger charge is 2.20. The highest BCUT2D eigenvalue weighted by atomic mass is 32.2. The number of H-pyrrole nitrogens is 1. The molecular formula is C13H20N4O2S2. The summed E-state index contributed by atoms with van der Waals surface area (Å²) in [4.78, 5) is 1.00. The Hall–Kier alpha value is -1.38. The first kappa shape index (κ1) is 16.0. The van der Waals surface area contributed by atoms with E-state index in [2.05, 4.69) is 27.2 Å². The molecule has 2 aromatic rings. The molecule has 6 nitrogen and oxygen atoms in total. The number of rotatable bonds is 7. The van der Waals surface area contributed by atoms with Gasteiger partial charge in [0.25, 0.3) is 10.0 Å². The van der Waals surface area contributed by atoms with Crippen molar-refractivity contribution in [3.05, 3.63) is 28.4 Å². The Morgan fingerprint density at radius 3 is 2.71 bits per heavy atom. The van der Waals surface area contributed by atoms with Crippen molar-refractivity contribution in [2.24, 2.45) is 0 Å². The highest BCUT2D eigenvalue weighted by Crippen LogP contribution is 2.26. The normalized spacial score (nSPS) is 11.8. The molecule has 8 heteroatoms. The second-order valence-corrected chi connectivity index (χ2v) is 7.89. The minimum absolute atomic E-state index is 0.316. The van der Waals surface area contributed by atoms with Crippen molar-refractivity contribution in [1.82, 2.24) is 15.5 Å². The molecule has 0 bridgehead atoms. The van der Waals surface area contributed by atoms with Gasteiger partial charge in [-0.05, 0) is 38.9 Å². The third-order valence-corrected chi connectivity index (χ3v) is 5.92. The van der Waals surface area contributed by atoms with Gasteiger partial charge in [0.05, 0.1) is 17.1 Å². The molecule has 2 heterocycles. The first-order valence-electron chi connectivity index (χ1n) is 6.78. The Morgan fingerprint density at radius 2 is 2.10 bits per heavy atom. The fraction of sp³-hybridized carbons (Fsp3) is 0.462. The molecule has 0 unspecified atom stereocenters. The number of nitrogens with one attached hydrogen (secondary N) is 3. The third-order valence-electron chi connectivity index (χ3n) is 2.99. The summed E-state index contributed by atoms with van der Waals surface area (Å²) in [6.07, 6.45) is 1.05. The predicted molar refractivity (Wildman–Crippen MR) is 85.2 cm³/mol. The van der Waals surface area contributed by atoms with E-state index in [0.29, 0.717) is 27.8 Å². The van der Waals surface area contributed by atoms with Crippen LogP contribution in [-0.2, 0) is 16.6 Å². The van der Waals surface area contributed by atoms with E-state index in [1.165, 1.54) is 11.3 Å². The second-order valence-electron chi connectivity index (χ2n) is 4.81. The Morgan fingerprint density at radius 1 is 1.33 bits per heavy atom. The summed E-state index contributed by atoms with van der Waals surface area (Å²) in [5.41, 5.74) is 1.86. The summed E-state index contributed by atoms with van der Waals surface area (Å²) in [6, 6.07) is 3.48. The lowest BCUT2D eigenvalue weighted by Crippen LogP contribution is -2.13. The van der Waals surface area contributed by atoms with E-state index in [-0.39, 0.29) is 0 Å². The molecule has 0 aromatic carbocycles. The van der Waals surface area contributed by atoms with E-state index in [9.17, 15) is 8.42 Å². The zero-order valence-electron chi connectivity index (χ0n) is 12.4. The average molecular weight is 328 g/mol. The van der Waals surface area contributed by atoms with Gasteiger partial charge in [-0.2, -0.15) is 5.10 Å². The van der Waals surface area contributed by atoms with Crippen molar-refractivity contribution in [3.63, 3.8) is 0 Å². The van der Waals surface area contributed by atoms with Crippen molar-refractivity contribution in [3.8, 4) is 0 Å². The molecule has 0 amide bonds. The van der Waals surface area contributed by atoms with E-state index in [0.717, 1.165) is 17.8 Å². The number of aromatic amines is 1. The van der Waals surface area contributed by atoms with Crippen LogP contribution in [0.3, 0.4) is 0 Å². The first-order chi connectivity index (χ1) is 9.94. The Kier molecular flexibility index (Phi) is 5.02. The monoisotopic (exact) mass is 328 g/mol. The van der Waals surface area contributed by atoms with Gasteiger partial charge in [-0.1, -0.05) is 6.92 Å². The van der Waals surface area contributed by atoms with Gasteiger partial charge in [-0.3, -0.25) is 9.82 Å². The van der Waals surface area contributed by atoms with E-state index in [1.807, 2.05) is 6.07 Å². The van der Waals surface area contributed by atoms with Gasteiger partial charge in [0.15, 0.2) is 0 Å². The van der Waals surface area contributed by atoms with E-state index in [4.69, 9.17) is 0 Å². The molecule has 0 aliphatic heterocycles. The SMILES string of the molecule is CCCNCc1ccc(S(=O)(=O)Nc2c(C)n[nH]c2C)s1. The van der Waals surface area contributed by atoms with Crippen LogP contribution < -0.4 is 10.0 Å². The summed E-state index contributed by atoms with van der Waals surface area (Å²) in [5.74, 6) is 0. The van der Waals surface area contributed by atoms with Gasteiger partial charge in [0.1, 0.15) is 4.21 Å². The molecule has 0 atom stereocenters. The van der Waals surface area contributed by atoms with Crippen molar-refractivity contribution in [2.45, 2.75) is 37.9 Å². The number of aryl methyl sites for hydroxylation is 2. The molecule has 0 radical (unpaired) electrons. The minimum Gasteiger partial charge on any atom is -0.312 e. The first-order valence-corrected chi connectivity index (χ1v) is 9.08. The molecule has 21 heavy (non-hydrogen) atoms. The average Bonchev–Trinajstić information content (AvgIpc) is 3.02. The third kappa shape index (κ3) is 3.84. The molecule has 0 saturated heterocycles. The van der Waals surface area contributed by atoms with Crippen molar-refractivity contribution >= 4 is 27.0 Å². The fourth-order valence-electron chi connectivity index (χ4n) is 1.87. The zero-order valence-corrected chi connectivity index (χ0v) is 14.0. The molecule has 0 spiro atoms. The number of aromatic nitrogens is 2. The van der Waals surface area contributed by atoms with Crippen LogP contribution >= 0.6 is 11.3 Å². The van der Waals surface area contributed by atoms with E-state index in [1.54, 1.807) is 19.9 Å². The Balaban J connectivity index is 2.13. The lowest BCUT2D eigenvalue weighted by atomic mass is 10.3. The molecule has 0 aliphatic rings. The summed E-state index contributed by atoms with van der Waals surface area (Å²) in [7, 11) is -3.56. The van der Waals surface area contributed by atoms with Gasteiger partial charge in [-0.15, -0.1) is 11.3 Å². The van der Waals surface area contributed by atoms with E-state index < -0.39 is 10.0 Å². The van der Waals surface area contributed by atoms with Crippen LogP contribution in [0.15, 0.2) is 16.3 Å². The minimum atomic E-state index is -3.56. The summed E-state index contributed by atoms with van der Waals surface area (Å²) < 4.78 is 27.7. The number of hydrogen-bond donors (Lipinski definition) is 3. The van der Waals surface area contributed by atoms with Crippen LogP contribution in [-0.4, -0.2) is 25.2 Å². The predicted octanol–water partition coefficient (Wildman–Crippen LogP) is 2.39. The van der Waals surface area contributed by atoms with Crippen molar-refractivity contribution in [1.29, 1.82) is 0 Å². The number of anilines is 1. The Bertz CT molecular complexity index is 684. The lowest BCUT2D eigenvalue weighted by Gasteiger charge is -2.06. The topological polar surface area (TPSA) is 86.9 Å². The van der Waals surface area contributed by atoms with Crippen molar-refractivity contribution < 1.29 is 8.42 Å². The van der Waals surface area contributed by atoms with Gasteiger partial charge in [-0.25, -0.2) is 8.42 Å². The molecule has 116 valence electrons. The molecular weight excluding hydrogens is 308 g/mol. The van der Waals surface area contributed by atoms with Gasteiger partial charge in [0, 0.05) is 11.4 Å². The maximum absolute atomic E-state index is 12.4. The number of nitrogens with zero attached hydrogens (tertiary/aromatic N) is 1. The van der Waals surface area contributed by atoms with Gasteiger partial charge >= 0.3 is 0 Å².